The average molecular weight is 175 g/mol. The molecule has 0 aromatic heterocycles. The third-order valence-electron chi connectivity index (χ3n) is 1.25. The highest BCUT2D eigenvalue weighted by atomic mass is 32.2. The molecule has 0 bridgehead atoms. The summed E-state index contributed by atoms with van der Waals surface area (Å²) in [4.78, 5) is 10.6. The second kappa shape index (κ2) is 3.49. The van der Waals surface area contributed by atoms with Gasteiger partial charge in [-0.25, -0.2) is 8.42 Å². The van der Waals surface area contributed by atoms with Gasteiger partial charge in [0.05, 0.1) is 6.07 Å². The molecule has 0 heterocycles. The molecular formula is C6H9NO3S. The molecule has 0 N–H and O–H groups in total. The number of Topliss-reactive ketones (excluding diaryl/α,β-unsaturated/α-hetero) is 1. The summed E-state index contributed by atoms with van der Waals surface area (Å²) in [5.41, 5.74) is 0. The summed E-state index contributed by atoms with van der Waals surface area (Å²) in [5.74, 6) is -0.792. The van der Waals surface area contributed by atoms with E-state index >= 15 is 0 Å². The molecule has 0 aromatic rings. The molecule has 0 fully saturated rings. The second-order valence-electron chi connectivity index (χ2n) is 2.07. The van der Waals surface area contributed by atoms with Crippen LogP contribution >= 0.6 is 0 Å². The molecule has 0 radical (unpaired) electrons. The van der Waals surface area contributed by atoms with Crippen LogP contribution in [0.4, 0.5) is 0 Å². The highest BCUT2D eigenvalue weighted by Crippen LogP contribution is 2.01. The standard InChI is InChI=1S/C6H9NO3S/c1-3-11(9,10)6(4-7)5(2)8/h6H,3H2,1-2H3. The minimum atomic E-state index is -3.52. The van der Waals surface area contributed by atoms with E-state index in [2.05, 4.69) is 0 Å². The van der Waals surface area contributed by atoms with Crippen molar-refractivity contribution < 1.29 is 13.2 Å². The molecule has 0 aliphatic carbocycles. The first-order chi connectivity index (χ1) is 4.95. The monoisotopic (exact) mass is 175 g/mol. The van der Waals surface area contributed by atoms with Crippen LogP contribution in [0.5, 0.6) is 0 Å². The molecule has 0 aliphatic heterocycles. The lowest BCUT2D eigenvalue weighted by atomic mass is 10.3. The number of hydrogen-bond acceptors (Lipinski definition) is 4. The van der Waals surface area contributed by atoms with Gasteiger partial charge < -0.3 is 0 Å². The number of carbonyl (C=O) groups is 1. The van der Waals surface area contributed by atoms with Gasteiger partial charge in [0.15, 0.2) is 15.6 Å². The van der Waals surface area contributed by atoms with E-state index in [-0.39, 0.29) is 5.75 Å². The largest absolute Gasteiger partial charge is 0.297 e. The molecule has 0 aromatic carbocycles. The minimum Gasteiger partial charge on any atom is -0.297 e. The zero-order valence-corrected chi connectivity index (χ0v) is 7.18. The molecule has 5 heteroatoms. The molecule has 1 atom stereocenters. The molecule has 0 aliphatic rings. The van der Waals surface area contributed by atoms with Crippen LogP contribution < -0.4 is 0 Å². The third-order valence-corrected chi connectivity index (χ3v) is 3.21. The Bertz CT molecular complexity index is 285. The Labute approximate surface area is 65.7 Å². The van der Waals surface area contributed by atoms with Crippen molar-refractivity contribution in [3.05, 3.63) is 0 Å². The molecule has 0 saturated heterocycles. The lowest BCUT2D eigenvalue weighted by molar-refractivity contribution is -0.115. The maximum absolute atomic E-state index is 10.9. The Morgan fingerprint density at radius 3 is 2.18 bits per heavy atom. The number of ketones is 1. The normalized spacial score (nSPS) is 13.5. The highest BCUT2D eigenvalue weighted by Gasteiger charge is 2.27. The van der Waals surface area contributed by atoms with Gasteiger partial charge in [-0.2, -0.15) is 5.26 Å². The molecule has 62 valence electrons. The predicted octanol–water partition coefficient (Wildman–Crippen LogP) is -0.0977. The number of sulfone groups is 1. The molecule has 4 nitrogen and oxygen atoms in total. The number of carbonyl (C=O) groups excluding carboxylic acids is 1. The zero-order valence-electron chi connectivity index (χ0n) is 6.36. The van der Waals surface area contributed by atoms with E-state index < -0.39 is 20.9 Å². The Balaban J connectivity index is 4.85. The summed E-state index contributed by atoms with van der Waals surface area (Å²) in [6.07, 6.45) is 0. The lowest BCUT2D eigenvalue weighted by Crippen LogP contribution is -2.28. The zero-order chi connectivity index (χ0) is 9.07. The fourth-order valence-electron chi connectivity index (χ4n) is 0.591. The average Bonchev–Trinajstić information content (AvgIpc) is 1.88. The van der Waals surface area contributed by atoms with Gasteiger partial charge in [0.25, 0.3) is 0 Å². The number of hydrogen-bond donors (Lipinski definition) is 0. The van der Waals surface area contributed by atoms with Crippen molar-refractivity contribution in [2.45, 2.75) is 19.1 Å². The maximum atomic E-state index is 10.9. The fourth-order valence-corrected chi connectivity index (χ4v) is 1.59. The molecular weight excluding hydrogens is 166 g/mol. The summed E-state index contributed by atoms with van der Waals surface area (Å²) < 4.78 is 21.9. The van der Waals surface area contributed by atoms with Gasteiger partial charge >= 0.3 is 0 Å². The van der Waals surface area contributed by atoms with Crippen LogP contribution in [-0.4, -0.2) is 25.2 Å². The van der Waals surface area contributed by atoms with E-state index in [1.807, 2.05) is 0 Å². The van der Waals surface area contributed by atoms with Crippen molar-refractivity contribution in [3.63, 3.8) is 0 Å². The van der Waals surface area contributed by atoms with Crippen LogP contribution in [0.1, 0.15) is 13.8 Å². The van der Waals surface area contributed by atoms with Gasteiger partial charge in [-0.3, -0.25) is 4.79 Å². The van der Waals surface area contributed by atoms with Crippen molar-refractivity contribution in [1.29, 1.82) is 5.26 Å². The Morgan fingerprint density at radius 2 is 2.09 bits per heavy atom. The van der Waals surface area contributed by atoms with Gasteiger partial charge in [-0.1, -0.05) is 6.92 Å². The van der Waals surface area contributed by atoms with Gasteiger partial charge in [0.1, 0.15) is 0 Å². The van der Waals surface area contributed by atoms with E-state index in [4.69, 9.17) is 5.26 Å². The summed E-state index contributed by atoms with van der Waals surface area (Å²) in [6, 6.07) is 1.46. The van der Waals surface area contributed by atoms with Crippen molar-refractivity contribution in [2.24, 2.45) is 0 Å². The van der Waals surface area contributed by atoms with Crippen LogP contribution in [0.3, 0.4) is 0 Å². The first-order valence-corrected chi connectivity index (χ1v) is 4.79. The van der Waals surface area contributed by atoms with Crippen LogP contribution in [0.2, 0.25) is 0 Å². The number of nitrogens with zero attached hydrogens (tertiary/aromatic N) is 1. The quantitative estimate of drug-likeness (QED) is 0.600. The van der Waals surface area contributed by atoms with Gasteiger partial charge in [-0.05, 0) is 6.92 Å². The van der Waals surface area contributed by atoms with Crippen LogP contribution in [0, 0.1) is 11.3 Å². The third kappa shape index (κ3) is 2.31. The molecule has 11 heavy (non-hydrogen) atoms. The smallest absolute Gasteiger partial charge is 0.205 e. The van der Waals surface area contributed by atoms with Crippen molar-refractivity contribution >= 4 is 15.6 Å². The van der Waals surface area contributed by atoms with Crippen LogP contribution in [-0.2, 0) is 14.6 Å². The van der Waals surface area contributed by atoms with Crippen molar-refractivity contribution in [2.75, 3.05) is 5.75 Å². The van der Waals surface area contributed by atoms with Gasteiger partial charge in [0, 0.05) is 5.75 Å². The number of rotatable bonds is 3. The predicted molar refractivity (Wildman–Crippen MR) is 39.5 cm³/mol. The first-order valence-electron chi connectivity index (χ1n) is 3.07. The molecule has 0 amide bonds. The molecule has 0 rings (SSSR count). The molecule has 0 saturated carbocycles. The van der Waals surface area contributed by atoms with E-state index in [0.29, 0.717) is 0 Å². The van der Waals surface area contributed by atoms with Crippen LogP contribution in [0.15, 0.2) is 0 Å². The van der Waals surface area contributed by atoms with E-state index in [1.54, 1.807) is 0 Å². The lowest BCUT2D eigenvalue weighted by Gasteiger charge is -2.02. The fraction of sp³-hybridized carbons (Fsp3) is 0.667. The topological polar surface area (TPSA) is 75.0 Å². The van der Waals surface area contributed by atoms with E-state index in [9.17, 15) is 13.2 Å². The highest BCUT2D eigenvalue weighted by molar-refractivity contribution is 7.93. The summed E-state index contributed by atoms with van der Waals surface area (Å²) >= 11 is 0. The first kappa shape index (κ1) is 10.1. The second-order valence-corrected chi connectivity index (χ2v) is 4.45. The van der Waals surface area contributed by atoms with E-state index in [0.717, 1.165) is 6.92 Å². The molecule has 0 spiro atoms. The van der Waals surface area contributed by atoms with Gasteiger partial charge in [0.2, 0.25) is 5.25 Å². The van der Waals surface area contributed by atoms with Crippen LogP contribution in [0.25, 0.3) is 0 Å². The summed E-state index contributed by atoms with van der Waals surface area (Å²) in [6.45, 7) is 2.50. The Hall–Kier alpha value is -0.890. The SMILES string of the molecule is CCS(=O)(=O)C(C#N)C(C)=O. The summed E-state index contributed by atoms with van der Waals surface area (Å²) in [7, 11) is -3.52. The summed E-state index contributed by atoms with van der Waals surface area (Å²) in [5, 5.41) is 6.83. The van der Waals surface area contributed by atoms with Gasteiger partial charge in [-0.15, -0.1) is 0 Å². The number of nitriles is 1. The minimum absolute atomic E-state index is 0.176. The van der Waals surface area contributed by atoms with Crippen molar-refractivity contribution in [3.8, 4) is 6.07 Å². The molecule has 1 unspecified atom stereocenters. The Kier molecular flexibility index (Phi) is 3.20. The maximum Gasteiger partial charge on any atom is 0.205 e. The van der Waals surface area contributed by atoms with E-state index in [1.165, 1.54) is 13.0 Å². The Morgan fingerprint density at radius 1 is 1.64 bits per heavy atom. The van der Waals surface area contributed by atoms with Crippen molar-refractivity contribution in [1.82, 2.24) is 0 Å².